The van der Waals surface area contributed by atoms with Crippen molar-refractivity contribution in [3.8, 4) is 0 Å². The first-order valence-corrected chi connectivity index (χ1v) is 10.6. The first-order chi connectivity index (χ1) is 12.9. The van der Waals surface area contributed by atoms with Crippen molar-refractivity contribution in [3.63, 3.8) is 0 Å². The Bertz CT molecular complexity index is 972. The maximum absolute atomic E-state index is 12.7. The lowest BCUT2D eigenvalue weighted by atomic mass is 9.96. The van der Waals surface area contributed by atoms with E-state index in [2.05, 4.69) is 15.4 Å². The van der Waals surface area contributed by atoms with Gasteiger partial charge in [-0.15, -0.1) is 0 Å². The fourth-order valence-corrected chi connectivity index (χ4v) is 3.75. The Morgan fingerprint density at radius 2 is 1.50 bits per heavy atom. The van der Waals surface area contributed by atoms with E-state index in [0.29, 0.717) is 11.4 Å². The molecule has 0 saturated heterocycles. The molecule has 0 saturated carbocycles. The Hall–Kier alpha value is -2.45. The third-order valence-corrected chi connectivity index (χ3v) is 5.62. The molecule has 0 bridgehead atoms. The zero-order valence-corrected chi connectivity index (χ0v) is 18.2. The predicted molar refractivity (Wildman–Crippen MR) is 117 cm³/mol. The molecule has 0 unspecified atom stereocenters. The summed E-state index contributed by atoms with van der Waals surface area (Å²) in [5.74, 6) is -0.206. The van der Waals surface area contributed by atoms with Crippen molar-refractivity contribution in [1.82, 2.24) is 5.32 Å². The highest BCUT2D eigenvalue weighted by Gasteiger charge is 2.22. The van der Waals surface area contributed by atoms with E-state index in [9.17, 15) is 13.2 Å². The maximum Gasteiger partial charge on any atom is 0.261 e. The van der Waals surface area contributed by atoms with Crippen LogP contribution in [0.2, 0.25) is 0 Å². The van der Waals surface area contributed by atoms with E-state index in [1.165, 1.54) is 12.1 Å². The first kappa shape index (κ1) is 21.8. The molecule has 3 N–H and O–H groups in total. The fraction of sp³-hybridized carbons (Fsp3) is 0.300. The molecule has 0 fully saturated rings. The van der Waals surface area contributed by atoms with Crippen molar-refractivity contribution < 1.29 is 13.2 Å². The third kappa shape index (κ3) is 5.53. The van der Waals surface area contributed by atoms with Crippen LogP contribution in [0.5, 0.6) is 0 Å². The minimum absolute atomic E-state index is 0.130. The average Bonchev–Trinajstić information content (AvgIpc) is 2.58. The van der Waals surface area contributed by atoms with E-state index in [-0.39, 0.29) is 15.9 Å². The van der Waals surface area contributed by atoms with Crippen LogP contribution in [0.3, 0.4) is 0 Å². The van der Waals surface area contributed by atoms with Gasteiger partial charge < -0.3 is 10.6 Å². The number of hydrogen-bond acceptors (Lipinski definition) is 4. The summed E-state index contributed by atoms with van der Waals surface area (Å²) in [6, 6.07) is 11.7. The lowest BCUT2D eigenvalue weighted by Crippen LogP contribution is -2.41. The molecular weight excluding hydrogens is 394 g/mol. The standard InChI is InChI=1S/C20H25N3O3S2/c1-13-7-6-8-14(2)17(13)23-28(25,26)16-11-9-15(10-12-16)21-19(27)22-18(24)20(3,4)5/h6-12,23H,1-5H3,(H2,21,22,24,27). The van der Waals surface area contributed by atoms with Crippen LogP contribution in [-0.2, 0) is 14.8 Å². The molecule has 8 heteroatoms. The second-order valence-corrected chi connectivity index (χ2v) is 9.65. The van der Waals surface area contributed by atoms with Crippen molar-refractivity contribution in [1.29, 1.82) is 0 Å². The summed E-state index contributed by atoms with van der Waals surface area (Å²) < 4.78 is 28.0. The number of nitrogens with one attached hydrogen (secondary N) is 3. The topological polar surface area (TPSA) is 87.3 Å². The number of carbonyl (C=O) groups excluding carboxylic acids is 1. The number of rotatable bonds is 4. The molecule has 0 aliphatic carbocycles. The molecule has 2 rings (SSSR count). The monoisotopic (exact) mass is 419 g/mol. The van der Waals surface area contributed by atoms with Gasteiger partial charge in [0.1, 0.15) is 0 Å². The van der Waals surface area contributed by atoms with E-state index in [1.54, 1.807) is 32.9 Å². The Balaban J connectivity index is 2.11. The van der Waals surface area contributed by atoms with E-state index in [1.807, 2.05) is 32.0 Å². The van der Waals surface area contributed by atoms with Crippen molar-refractivity contribution >= 4 is 44.6 Å². The van der Waals surface area contributed by atoms with E-state index >= 15 is 0 Å². The Labute approximate surface area is 171 Å². The molecule has 0 heterocycles. The third-order valence-electron chi connectivity index (χ3n) is 4.05. The van der Waals surface area contributed by atoms with Crippen LogP contribution >= 0.6 is 12.2 Å². The van der Waals surface area contributed by atoms with Gasteiger partial charge in [0.25, 0.3) is 10.0 Å². The predicted octanol–water partition coefficient (Wildman–Crippen LogP) is 3.96. The highest BCUT2D eigenvalue weighted by Crippen LogP contribution is 2.24. The van der Waals surface area contributed by atoms with Gasteiger partial charge in [-0.2, -0.15) is 0 Å². The van der Waals surface area contributed by atoms with Gasteiger partial charge in [0, 0.05) is 11.1 Å². The van der Waals surface area contributed by atoms with Gasteiger partial charge in [-0.25, -0.2) is 8.42 Å². The van der Waals surface area contributed by atoms with Crippen molar-refractivity contribution in [2.45, 2.75) is 39.5 Å². The van der Waals surface area contributed by atoms with Gasteiger partial charge >= 0.3 is 0 Å². The Morgan fingerprint density at radius 1 is 0.964 bits per heavy atom. The summed E-state index contributed by atoms with van der Waals surface area (Å²) in [7, 11) is -3.72. The van der Waals surface area contributed by atoms with Crippen LogP contribution in [0.25, 0.3) is 0 Å². The van der Waals surface area contributed by atoms with Crippen LogP contribution in [0.4, 0.5) is 11.4 Å². The van der Waals surface area contributed by atoms with Crippen LogP contribution in [-0.4, -0.2) is 19.4 Å². The number of amides is 1. The van der Waals surface area contributed by atoms with Gasteiger partial charge in [0.2, 0.25) is 5.91 Å². The van der Waals surface area contributed by atoms with Gasteiger partial charge in [0.05, 0.1) is 10.6 Å². The smallest absolute Gasteiger partial charge is 0.261 e. The summed E-state index contributed by atoms with van der Waals surface area (Å²) >= 11 is 5.13. The molecule has 1 amide bonds. The van der Waals surface area contributed by atoms with Gasteiger partial charge in [-0.3, -0.25) is 9.52 Å². The Kier molecular flexibility index (Phi) is 6.46. The average molecular weight is 420 g/mol. The quantitative estimate of drug-likeness (QED) is 0.653. The molecule has 2 aromatic rings. The number of aryl methyl sites for hydroxylation is 2. The molecule has 0 aliphatic rings. The van der Waals surface area contributed by atoms with Crippen LogP contribution < -0.4 is 15.4 Å². The van der Waals surface area contributed by atoms with Gasteiger partial charge in [0.15, 0.2) is 5.11 Å². The van der Waals surface area contributed by atoms with Gasteiger partial charge in [-0.1, -0.05) is 39.0 Å². The van der Waals surface area contributed by atoms with Crippen LogP contribution in [0.15, 0.2) is 47.4 Å². The number of anilines is 2. The number of hydrogen-bond donors (Lipinski definition) is 3. The summed E-state index contributed by atoms with van der Waals surface area (Å²) in [5.41, 5.74) is 2.29. The summed E-state index contributed by atoms with van der Waals surface area (Å²) in [4.78, 5) is 12.1. The largest absolute Gasteiger partial charge is 0.332 e. The molecule has 0 aromatic heterocycles. The summed E-state index contributed by atoms with van der Waals surface area (Å²) in [5, 5.41) is 5.64. The molecular formula is C20H25N3O3S2. The van der Waals surface area contributed by atoms with Crippen LogP contribution in [0, 0.1) is 19.3 Å². The number of benzene rings is 2. The molecule has 150 valence electrons. The molecule has 6 nitrogen and oxygen atoms in total. The number of sulfonamides is 1. The van der Waals surface area contributed by atoms with Crippen molar-refractivity contribution in [3.05, 3.63) is 53.6 Å². The highest BCUT2D eigenvalue weighted by atomic mass is 32.2. The lowest BCUT2D eigenvalue weighted by Gasteiger charge is -2.18. The molecule has 0 aliphatic heterocycles. The molecule has 0 spiro atoms. The molecule has 0 atom stereocenters. The van der Waals surface area contributed by atoms with Crippen molar-refractivity contribution in [2.75, 3.05) is 10.0 Å². The highest BCUT2D eigenvalue weighted by molar-refractivity contribution is 7.92. The van der Waals surface area contributed by atoms with Crippen LogP contribution in [0.1, 0.15) is 31.9 Å². The maximum atomic E-state index is 12.7. The molecule has 0 radical (unpaired) electrons. The molecule has 28 heavy (non-hydrogen) atoms. The zero-order valence-electron chi connectivity index (χ0n) is 16.6. The normalized spacial score (nSPS) is 11.6. The number of para-hydroxylation sites is 1. The fourth-order valence-electron chi connectivity index (χ4n) is 2.34. The summed E-state index contributed by atoms with van der Waals surface area (Å²) in [6.07, 6.45) is 0. The lowest BCUT2D eigenvalue weighted by molar-refractivity contribution is -0.126. The van der Waals surface area contributed by atoms with Crippen molar-refractivity contribution in [2.24, 2.45) is 5.41 Å². The second-order valence-electron chi connectivity index (χ2n) is 7.55. The minimum Gasteiger partial charge on any atom is -0.332 e. The van der Waals surface area contributed by atoms with E-state index < -0.39 is 15.4 Å². The van der Waals surface area contributed by atoms with E-state index in [4.69, 9.17) is 12.2 Å². The number of carbonyl (C=O) groups is 1. The molecule has 2 aromatic carbocycles. The first-order valence-electron chi connectivity index (χ1n) is 8.72. The second kappa shape index (κ2) is 8.28. The van der Waals surface area contributed by atoms with E-state index in [0.717, 1.165) is 11.1 Å². The zero-order chi connectivity index (χ0) is 21.1. The number of thiocarbonyl (C=S) groups is 1. The minimum atomic E-state index is -3.72. The SMILES string of the molecule is Cc1cccc(C)c1NS(=O)(=O)c1ccc(NC(=S)NC(=O)C(C)(C)C)cc1. The Morgan fingerprint density at radius 3 is 2.00 bits per heavy atom. The summed E-state index contributed by atoms with van der Waals surface area (Å²) in [6.45, 7) is 9.06. The van der Waals surface area contributed by atoms with Gasteiger partial charge in [-0.05, 0) is 61.5 Å².